The highest BCUT2D eigenvalue weighted by Crippen LogP contribution is 2.42. The average molecular weight is 481 g/mol. The Morgan fingerprint density at radius 2 is 1.86 bits per heavy atom. The number of anilines is 1. The third-order valence-electron chi connectivity index (χ3n) is 6.60. The lowest BCUT2D eigenvalue weighted by atomic mass is 10.0. The molecule has 1 saturated heterocycles. The third kappa shape index (κ3) is 4.14. The fourth-order valence-electron chi connectivity index (χ4n) is 5.03. The van der Waals surface area contributed by atoms with Crippen molar-refractivity contribution in [2.24, 2.45) is 11.7 Å². The fourth-order valence-corrected chi connectivity index (χ4v) is 5.03. The lowest BCUT2D eigenvalue weighted by Crippen LogP contribution is -2.41. The summed E-state index contributed by atoms with van der Waals surface area (Å²) in [6.07, 6.45) is 4.25. The van der Waals surface area contributed by atoms with Gasteiger partial charge >= 0.3 is 0 Å². The molecule has 8 heteroatoms. The highest BCUT2D eigenvalue weighted by atomic mass is 16.5. The number of nitrogen functional groups attached to an aromatic ring is 1. The molecule has 5 rings (SSSR count). The highest BCUT2D eigenvalue weighted by molar-refractivity contribution is 5.94. The van der Waals surface area contributed by atoms with Gasteiger partial charge in [-0.3, -0.25) is 9.20 Å². The van der Waals surface area contributed by atoms with Gasteiger partial charge in [-0.2, -0.15) is 0 Å². The van der Waals surface area contributed by atoms with E-state index in [0.717, 1.165) is 17.7 Å². The molecule has 1 unspecified atom stereocenters. The van der Waals surface area contributed by atoms with Crippen LogP contribution in [0, 0.1) is 17.8 Å². The van der Waals surface area contributed by atoms with E-state index < -0.39 is 0 Å². The van der Waals surface area contributed by atoms with Crippen LogP contribution in [-0.4, -0.2) is 37.8 Å². The molecule has 3 heterocycles. The Bertz CT molecular complexity index is 1450. The Kier molecular flexibility index (Phi) is 6.32. The lowest BCUT2D eigenvalue weighted by molar-refractivity contribution is -0.128. The molecule has 0 aliphatic carbocycles. The van der Waals surface area contributed by atoms with Crippen molar-refractivity contribution in [2.45, 2.75) is 32.4 Å². The van der Waals surface area contributed by atoms with Gasteiger partial charge in [0.05, 0.1) is 6.04 Å². The Hall–Kier alpha value is -4.35. The van der Waals surface area contributed by atoms with Gasteiger partial charge in [0.2, 0.25) is 0 Å². The average Bonchev–Trinajstić information content (AvgIpc) is 3.43. The summed E-state index contributed by atoms with van der Waals surface area (Å²) in [7, 11) is 0. The number of fused-ring (bicyclic) bond motifs is 1. The minimum Gasteiger partial charge on any atom is -0.457 e. The number of likely N-dealkylation sites (tertiary alicyclic amines) is 1. The number of carbonyl (C=O) groups excluding carboxylic acids is 1. The maximum absolute atomic E-state index is 13.0. The number of ether oxygens (including phenoxy) is 1. The number of aromatic nitrogens is 3. The number of nitrogens with two attached hydrogens (primary N) is 2. The molecule has 1 fully saturated rings. The number of amides is 1. The molecule has 0 radical (unpaired) electrons. The number of benzene rings is 2. The monoisotopic (exact) mass is 480 g/mol. The molecule has 4 aromatic rings. The number of imidazole rings is 1. The van der Waals surface area contributed by atoms with E-state index in [4.69, 9.17) is 21.2 Å². The van der Waals surface area contributed by atoms with Crippen molar-refractivity contribution in [2.75, 3.05) is 12.3 Å². The predicted octanol–water partition coefficient (Wildman–Crippen LogP) is 4.03. The summed E-state index contributed by atoms with van der Waals surface area (Å²) in [6, 6.07) is 16.9. The molecule has 4 N–H and O–H groups in total. The quantitative estimate of drug-likeness (QED) is 0.417. The molecule has 2 aromatic heterocycles. The van der Waals surface area contributed by atoms with Gasteiger partial charge in [-0.15, -0.1) is 0 Å². The molecule has 0 bridgehead atoms. The summed E-state index contributed by atoms with van der Waals surface area (Å²) in [5.74, 6) is 7.86. The first kappa shape index (κ1) is 23.4. The smallest absolute Gasteiger partial charge is 0.299 e. The standard InChI is InChI=1S/C28H28N6O2/c1-3-7-23(35)34-20(17-29)16-18(2)25(34)28-32-24(26-27(30)31-14-15-33(26)28)19-10-12-22(13-11-19)36-21-8-5-4-6-9-21/h4-6,8-15,18,20,25H,16-17,29H2,1-2H3,(H2,30,31)/t18-,20+,25?/m1/s1. The van der Waals surface area contributed by atoms with Crippen molar-refractivity contribution in [3.63, 3.8) is 0 Å². The molecular formula is C28H28N6O2. The van der Waals surface area contributed by atoms with Crippen molar-refractivity contribution in [1.82, 2.24) is 19.3 Å². The van der Waals surface area contributed by atoms with Crippen LogP contribution in [0.4, 0.5) is 5.82 Å². The largest absolute Gasteiger partial charge is 0.457 e. The summed E-state index contributed by atoms with van der Waals surface area (Å²) in [5.41, 5.74) is 14.7. The number of carbonyl (C=O) groups is 1. The van der Waals surface area contributed by atoms with E-state index in [0.29, 0.717) is 35.1 Å². The second-order valence-corrected chi connectivity index (χ2v) is 8.92. The van der Waals surface area contributed by atoms with Crippen LogP contribution in [0.5, 0.6) is 11.5 Å². The molecule has 3 atom stereocenters. The molecule has 182 valence electrons. The van der Waals surface area contributed by atoms with Crippen LogP contribution in [0.15, 0.2) is 67.0 Å². The molecule has 0 spiro atoms. The second kappa shape index (κ2) is 9.72. The molecule has 0 saturated carbocycles. The maximum atomic E-state index is 13.0. The Labute approximate surface area is 209 Å². The number of hydrogen-bond acceptors (Lipinski definition) is 6. The Morgan fingerprint density at radius 3 is 2.56 bits per heavy atom. The number of hydrogen-bond donors (Lipinski definition) is 2. The van der Waals surface area contributed by atoms with Crippen LogP contribution in [0.2, 0.25) is 0 Å². The van der Waals surface area contributed by atoms with E-state index in [9.17, 15) is 4.79 Å². The molecule has 1 aliphatic rings. The van der Waals surface area contributed by atoms with Crippen molar-refractivity contribution in [3.05, 3.63) is 72.8 Å². The van der Waals surface area contributed by atoms with E-state index in [-0.39, 0.29) is 23.9 Å². The summed E-state index contributed by atoms with van der Waals surface area (Å²) >= 11 is 0. The number of rotatable bonds is 5. The van der Waals surface area contributed by atoms with Gasteiger partial charge in [-0.25, -0.2) is 9.97 Å². The number of nitrogens with zero attached hydrogens (tertiary/aromatic N) is 4. The minimum atomic E-state index is -0.296. The van der Waals surface area contributed by atoms with Gasteiger partial charge in [0.15, 0.2) is 0 Å². The van der Waals surface area contributed by atoms with Crippen LogP contribution < -0.4 is 16.2 Å². The van der Waals surface area contributed by atoms with Gasteiger partial charge in [0, 0.05) is 30.5 Å². The van der Waals surface area contributed by atoms with E-state index >= 15 is 0 Å². The second-order valence-electron chi connectivity index (χ2n) is 8.92. The Morgan fingerprint density at radius 1 is 1.14 bits per heavy atom. The van der Waals surface area contributed by atoms with Gasteiger partial charge in [-0.1, -0.05) is 31.0 Å². The van der Waals surface area contributed by atoms with Crippen molar-refractivity contribution in [1.29, 1.82) is 0 Å². The summed E-state index contributed by atoms with van der Waals surface area (Å²) in [6.45, 7) is 4.13. The predicted molar refractivity (Wildman–Crippen MR) is 139 cm³/mol. The lowest BCUT2D eigenvalue weighted by Gasteiger charge is -2.28. The van der Waals surface area contributed by atoms with Crippen LogP contribution >= 0.6 is 0 Å². The fraction of sp³-hybridized carbons (Fsp3) is 0.250. The molecule has 8 nitrogen and oxygen atoms in total. The van der Waals surface area contributed by atoms with Crippen molar-refractivity contribution in [3.8, 4) is 34.6 Å². The molecular weight excluding hydrogens is 452 g/mol. The van der Waals surface area contributed by atoms with E-state index in [1.165, 1.54) is 0 Å². The molecule has 1 aliphatic heterocycles. The molecule has 1 amide bonds. The van der Waals surface area contributed by atoms with E-state index in [2.05, 4.69) is 23.7 Å². The van der Waals surface area contributed by atoms with Gasteiger partial charge in [0.1, 0.15) is 34.4 Å². The van der Waals surface area contributed by atoms with Crippen molar-refractivity contribution >= 4 is 17.2 Å². The zero-order chi connectivity index (χ0) is 25.2. The minimum absolute atomic E-state index is 0.109. The van der Waals surface area contributed by atoms with Crippen molar-refractivity contribution < 1.29 is 9.53 Å². The Balaban J connectivity index is 1.58. The first-order valence-electron chi connectivity index (χ1n) is 11.9. The summed E-state index contributed by atoms with van der Waals surface area (Å²) < 4.78 is 7.87. The molecule has 36 heavy (non-hydrogen) atoms. The van der Waals surface area contributed by atoms with Crippen LogP contribution in [0.1, 0.15) is 32.1 Å². The van der Waals surface area contributed by atoms with Crippen LogP contribution in [0.25, 0.3) is 16.8 Å². The van der Waals surface area contributed by atoms with Gasteiger partial charge < -0.3 is 21.1 Å². The first-order valence-corrected chi connectivity index (χ1v) is 11.9. The van der Waals surface area contributed by atoms with E-state index in [1.54, 1.807) is 18.0 Å². The first-order chi connectivity index (χ1) is 17.5. The summed E-state index contributed by atoms with van der Waals surface area (Å²) in [5, 5.41) is 0. The van der Waals surface area contributed by atoms with Gasteiger partial charge in [-0.05, 0) is 61.6 Å². The number of para-hydroxylation sites is 1. The molecule has 2 aromatic carbocycles. The van der Waals surface area contributed by atoms with E-state index in [1.807, 2.05) is 65.2 Å². The van der Waals surface area contributed by atoms with Crippen LogP contribution in [-0.2, 0) is 4.79 Å². The SMILES string of the molecule is CC#CC(=O)N1C(c2nc(-c3ccc(Oc4ccccc4)cc3)c3c(N)nccn23)[C@H](C)C[C@H]1CN. The maximum Gasteiger partial charge on any atom is 0.299 e. The van der Waals surface area contributed by atoms with Gasteiger partial charge in [0.25, 0.3) is 5.91 Å². The van der Waals surface area contributed by atoms with Crippen LogP contribution in [0.3, 0.4) is 0 Å². The third-order valence-corrected chi connectivity index (χ3v) is 6.60. The highest BCUT2D eigenvalue weighted by Gasteiger charge is 2.44. The zero-order valence-corrected chi connectivity index (χ0v) is 20.3. The topological polar surface area (TPSA) is 112 Å². The normalized spacial score (nSPS) is 19.2. The zero-order valence-electron chi connectivity index (χ0n) is 20.3. The summed E-state index contributed by atoms with van der Waals surface area (Å²) in [4.78, 5) is 24.2.